The molecule has 1 unspecified atom stereocenters. The van der Waals surface area contributed by atoms with E-state index in [0.29, 0.717) is 0 Å². The van der Waals surface area contributed by atoms with Gasteiger partial charge in [0.25, 0.3) is 0 Å². The highest BCUT2D eigenvalue weighted by Crippen LogP contribution is 2.21. The number of hydrogen-bond donors (Lipinski definition) is 0. The minimum Gasteiger partial charge on any atom is -0.299 e. The zero-order valence-electron chi connectivity index (χ0n) is 13.6. The minimum absolute atomic E-state index is 0.808. The van der Waals surface area contributed by atoms with E-state index < -0.39 is 0 Å². The second-order valence-electron chi connectivity index (χ2n) is 6.97. The van der Waals surface area contributed by atoms with Crippen LogP contribution in [0.15, 0.2) is 24.3 Å². The van der Waals surface area contributed by atoms with Gasteiger partial charge < -0.3 is 0 Å². The SMILES string of the molecule is Cc1ccc(CN2CCCC(N3CCCCCC3)C2)cc1. The average molecular weight is 286 g/mol. The lowest BCUT2D eigenvalue weighted by Crippen LogP contribution is -2.47. The van der Waals surface area contributed by atoms with Gasteiger partial charge in [0.1, 0.15) is 0 Å². The zero-order valence-corrected chi connectivity index (χ0v) is 13.6. The number of hydrogen-bond acceptors (Lipinski definition) is 2. The van der Waals surface area contributed by atoms with Crippen molar-refractivity contribution in [3.05, 3.63) is 35.4 Å². The minimum atomic E-state index is 0.808. The molecule has 2 aliphatic rings. The van der Waals surface area contributed by atoms with E-state index in [-0.39, 0.29) is 0 Å². The Bertz CT molecular complexity index is 418. The molecule has 2 aliphatic heterocycles. The second-order valence-corrected chi connectivity index (χ2v) is 6.97. The summed E-state index contributed by atoms with van der Waals surface area (Å²) in [7, 11) is 0. The summed E-state index contributed by atoms with van der Waals surface area (Å²) in [5, 5.41) is 0. The quantitative estimate of drug-likeness (QED) is 0.833. The first-order chi connectivity index (χ1) is 10.3. The van der Waals surface area contributed by atoms with Crippen LogP contribution in [0.3, 0.4) is 0 Å². The molecule has 21 heavy (non-hydrogen) atoms. The first kappa shape index (κ1) is 15.1. The van der Waals surface area contributed by atoms with E-state index in [1.165, 1.54) is 75.8 Å². The first-order valence-corrected chi connectivity index (χ1v) is 8.83. The molecule has 0 aromatic heterocycles. The predicted octanol–water partition coefficient (Wildman–Crippen LogP) is 3.84. The van der Waals surface area contributed by atoms with Crippen LogP contribution in [0.25, 0.3) is 0 Å². The lowest BCUT2D eigenvalue weighted by molar-refractivity contribution is 0.0956. The van der Waals surface area contributed by atoms with Crippen molar-refractivity contribution in [1.82, 2.24) is 9.80 Å². The van der Waals surface area contributed by atoms with Gasteiger partial charge in [-0.25, -0.2) is 0 Å². The molecule has 1 atom stereocenters. The van der Waals surface area contributed by atoms with Crippen LogP contribution in [-0.4, -0.2) is 42.0 Å². The summed E-state index contributed by atoms with van der Waals surface area (Å²) < 4.78 is 0. The lowest BCUT2D eigenvalue weighted by Gasteiger charge is -2.39. The normalized spacial score (nSPS) is 25.7. The van der Waals surface area contributed by atoms with Crippen LogP contribution in [0.2, 0.25) is 0 Å². The smallest absolute Gasteiger partial charge is 0.0234 e. The second kappa shape index (κ2) is 7.42. The summed E-state index contributed by atoms with van der Waals surface area (Å²) in [6.45, 7) is 8.52. The molecule has 3 rings (SSSR count). The molecule has 0 N–H and O–H groups in total. The maximum atomic E-state index is 2.79. The van der Waals surface area contributed by atoms with E-state index in [0.717, 1.165) is 12.6 Å². The molecular weight excluding hydrogens is 256 g/mol. The first-order valence-electron chi connectivity index (χ1n) is 8.83. The van der Waals surface area contributed by atoms with E-state index in [1.807, 2.05) is 0 Å². The van der Waals surface area contributed by atoms with Crippen LogP contribution in [0.1, 0.15) is 49.7 Å². The van der Waals surface area contributed by atoms with E-state index >= 15 is 0 Å². The van der Waals surface area contributed by atoms with Crippen LogP contribution in [0.5, 0.6) is 0 Å². The summed E-state index contributed by atoms with van der Waals surface area (Å²) >= 11 is 0. The Balaban J connectivity index is 1.56. The molecule has 2 nitrogen and oxygen atoms in total. The Morgan fingerprint density at radius 3 is 2.33 bits per heavy atom. The summed E-state index contributed by atoms with van der Waals surface area (Å²) in [6.07, 6.45) is 8.48. The molecule has 1 aromatic rings. The monoisotopic (exact) mass is 286 g/mol. The third-order valence-corrected chi connectivity index (χ3v) is 5.16. The summed E-state index contributed by atoms with van der Waals surface area (Å²) in [5.74, 6) is 0. The van der Waals surface area contributed by atoms with Gasteiger partial charge in [0.2, 0.25) is 0 Å². The van der Waals surface area contributed by atoms with Crippen molar-refractivity contribution in [3.63, 3.8) is 0 Å². The van der Waals surface area contributed by atoms with Gasteiger partial charge in [0.15, 0.2) is 0 Å². The third kappa shape index (κ3) is 4.31. The molecule has 116 valence electrons. The maximum Gasteiger partial charge on any atom is 0.0234 e. The molecule has 2 heteroatoms. The number of piperidine rings is 1. The molecule has 0 saturated carbocycles. The topological polar surface area (TPSA) is 6.48 Å². The highest BCUT2D eigenvalue weighted by Gasteiger charge is 2.25. The Labute approximate surface area is 130 Å². The maximum absolute atomic E-state index is 2.79. The number of benzene rings is 1. The third-order valence-electron chi connectivity index (χ3n) is 5.16. The van der Waals surface area contributed by atoms with E-state index in [4.69, 9.17) is 0 Å². The van der Waals surface area contributed by atoms with Gasteiger partial charge in [0.05, 0.1) is 0 Å². The highest BCUT2D eigenvalue weighted by atomic mass is 15.2. The van der Waals surface area contributed by atoms with E-state index in [2.05, 4.69) is 41.0 Å². The number of rotatable bonds is 3. The average Bonchev–Trinajstić information content (AvgIpc) is 2.79. The Morgan fingerprint density at radius 2 is 1.62 bits per heavy atom. The number of nitrogens with zero attached hydrogens (tertiary/aromatic N) is 2. The van der Waals surface area contributed by atoms with Crippen molar-refractivity contribution < 1.29 is 0 Å². The van der Waals surface area contributed by atoms with Gasteiger partial charge in [-0.3, -0.25) is 9.80 Å². The van der Waals surface area contributed by atoms with Crippen molar-refractivity contribution in [2.24, 2.45) is 0 Å². The zero-order chi connectivity index (χ0) is 14.5. The number of aryl methyl sites for hydroxylation is 1. The van der Waals surface area contributed by atoms with Crippen molar-refractivity contribution in [1.29, 1.82) is 0 Å². The molecule has 0 aliphatic carbocycles. The van der Waals surface area contributed by atoms with Crippen LogP contribution in [0.4, 0.5) is 0 Å². The fourth-order valence-corrected chi connectivity index (χ4v) is 3.88. The van der Waals surface area contributed by atoms with Gasteiger partial charge in [-0.15, -0.1) is 0 Å². The van der Waals surface area contributed by atoms with Gasteiger partial charge in [0, 0.05) is 19.1 Å². The van der Waals surface area contributed by atoms with Gasteiger partial charge in [-0.2, -0.15) is 0 Å². The fraction of sp³-hybridized carbons (Fsp3) is 0.684. The lowest BCUT2D eigenvalue weighted by atomic mass is 10.0. The molecule has 2 fully saturated rings. The molecule has 0 spiro atoms. The molecule has 0 radical (unpaired) electrons. The van der Waals surface area contributed by atoms with Gasteiger partial charge in [-0.1, -0.05) is 42.7 Å². The van der Waals surface area contributed by atoms with Crippen LogP contribution >= 0.6 is 0 Å². The van der Waals surface area contributed by atoms with E-state index in [9.17, 15) is 0 Å². The molecular formula is C19H30N2. The summed E-state index contributed by atoms with van der Waals surface area (Å²) in [5.41, 5.74) is 2.83. The molecule has 2 heterocycles. The van der Waals surface area contributed by atoms with Crippen molar-refractivity contribution in [2.45, 2.75) is 58.0 Å². The Morgan fingerprint density at radius 1 is 0.905 bits per heavy atom. The molecule has 0 amide bonds. The summed E-state index contributed by atoms with van der Waals surface area (Å²) in [4.78, 5) is 5.46. The van der Waals surface area contributed by atoms with Crippen LogP contribution in [0, 0.1) is 6.92 Å². The Kier molecular flexibility index (Phi) is 5.32. The van der Waals surface area contributed by atoms with Crippen molar-refractivity contribution in [3.8, 4) is 0 Å². The molecule has 1 aromatic carbocycles. The number of likely N-dealkylation sites (tertiary alicyclic amines) is 2. The van der Waals surface area contributed by atoms with Crippen molar-refractivity contribution >= 4 is 0 Å². The predicted molar refractivity (Wildman–Crippen MR) is 89.5 cm³/mol. The van der Waals surface area contributed by atoms with Gasteiger partial charge >= 0.3 is 0 Å². The fourth-order valence-electron chi connectivity index (χ4n) is 3.88. The largest absolute Gasteiger partial charge is 0.299 e. The van der Waals surface area contributed by atoms with Gasteiger partial charge in [-0.05, 0) is 57.8 Å². The van der Waals surface area contributed by atoms with Crippen LogP contribution in [-0.2, 0) is 6.54 Å². The van der Waals surface area contributed by atoms with Crippen LogP contribution < -0.4 is 0 Å². The molecule has 2 saturated heterocycles. The standard InChI is InChI=1S/C19H30N2/c1-17-8-10-18(11-9-17)15-20-12-6-7-19(16-20)21-13-4-2-3-5-14-21/h8-11,19H,2-7,12-16H2,1H3. The highest BCUT2D eigenvalue weighted by molar-refractivity contribution is 5.21. The van der Waals surface area contributed by atoms with E-state index in [1.54, 1.807) is 0 Å². The van der Waals surface area contributed by atoms with Crippen molar-refractivity contribution in [2.75, 3.05) is 26.2 Å². The summed E-state index contributed by atoms with van der Waals surface area (Å²) in [6, 6.07) is 9.88. The Hall–Kier alpha value is -0.860. The molecule has 0 bridgehead atoms.